The lowest BCUT2D eigenvalue weighted by Gasteiger charge is -2.04. The van der Waals surface area contributed by atoms with Gasteiger partial charge in [-0.1, -0.05) is 77.6 Å². The highest BCUT2D eigenvalue weighted by Gasteiger charge is 1.95. The summed E-state index contributed by atoms with van der Waals surface area (Å²) < 4.78 is 5.34. The van der Waals surface area contributed by atoms with Gasteiger partial charge in [0.15, 0.2) is 0 Å². The van der Waals surface area contributed by atoms with E-state index in [9.17, 15) is 4.79 Å². The van der Waals surface area contributed by atoms with Crippen LogP contribution in [-0.4, -0.2) is 19.1 Å². The molecular formula is C17H35NO2. The van der Waals surface area contributed by atoms with Gasteiger partial charge in [-0.15, -0.1) is 0 Å². The maximum atomic E-state index is 10.5. The van der Waals surface area contributed by atoms with Gasteiger partial charge in [0.25, 0.3) is 0 Å². The van der Waals surface area contributed by atoms with Gasteiger partial charge in [0, 0.05) is 13.0 Å². The van der Waals surface area contributed by atoms with Crippen molar-refractivity contribution in [2.45, 2.75) is 90.4 Å². The second-order valence-electron chi connectivity index (χ2n) is 5.72. The maximum absolute atomic E-state index is 10.5. The molecule has 0 spiro atoms. The second-order valence-corrected chi connectivity index (χ2v) is 5.72. The van der Waals surface area contributed by atoms with Crippen LogP contribution >= 0.6 is 0 Å². The number of unbranched alkanes of at least 4 members (excludes halogenated alkanes) is 11. The lowest BCUT2D eigenvalue weighted by molar-refractivity contribution is -0.119. The van der Waals surface area contributed by atoms with Crippen molar-refractivity contribution in [1.82, 2.24) is 0 Å². The first-order chi connectivity index (χ1) is 9.77. The predicted octanol–water partition coefficient (Wildman–Crippen LogP) is 4.58. The Morgan fingerprint density at radius 3 is 1.65 bits per heavy atom. The van der Waals surface area contributed by atoms with Crippen LogP contribution in [-0.2, 0) is 9.53 Å². The van der Waals surface area contributed by atoms with Crippen molar-refractivity contribution in [3.63, 3.8) is 0 Å². The van der Waals surface area contributed by atoms with Crippen LogP contribution < -0.4 is 5.73 Å². The van der Waals surface area contributed by atoms with E-state index in [1.165, 1.54) is 70.6 Å². The van der Waals surface area contributed by atoms with Crippen LogP contribution in [0.1, 0.15) is 90.4 Å². The van der Waals surface area contributed by atoms with Gasteiger partial charge in [0.05, 0.1) is 6.61 Å². The summed E-state index contributed by atoms with van der Waals surface area (Å²) >= 11 is 0. The van der Waals surface area contributed by atoms with Crippen molar-refractivity contribution in [3.8, 4) is 0 Å². The molecule has 0 aromatic rings. The third-order valence-corrected chi connectivity index (χ3v) is 3.64. The fraction of sp³-hybridized carbons (Fsp3) is 0.941. The largest absolute Gasteiger partial charge is 0.381 e. The van der Waals surface area contributed by atoms with Crippen LogP contribution in [0, 0.1) is 0 Å². The highest BCUT2D eigenvalue weighted by atomic mass is 16.5. The topological polar surface area (TPSA) is 52.3 Å². The summed E-state index contributed by atoms with van der Waals surface area (Å²) in [5.74, 6) is -0.278. The highest BCUT2D eigenvalue weighted by Crippen LogP contribution is 2.11. The molecule has 0 aliphatic rings. The van der Waals surface area contributed by atoms with Gasteiger partial charge < -0.3 is 10.5 Å². The quantitative estimate of drug-likeness (QED) is 0.422. The number of amides is 1. The number of primary amides is 1. The zero-order chi connectivity index (χ0) is 14.9. The van der Waals surface area contributed by atoms with E-state index in [4.69, 9.17) is 10.5 Å². The molecule has 3 nitrogen and oxygen atoms in total. The summed E-state index contributed by atoms with van der Waals surface area (Å²) in [6, 6.07) is 0. The predicted molar refractivity (Wildman–Crippen MR) is 85.7 cm³/mol. The monoisotopic (exact) mass is 285 g/mol. The molecule has 0 bridgehead atoms. The average molecular weight is 285 g/mol. The zero-order valence-corrected chi connectivity index (χ0v) is 13.5. The number of hydrogen-bond donors (Lipinski definition) is 1. The normalized spacial score (nSPS) is 10.8. The Morgan fingerprint density at radius 1 is 0.750 bits per heavy atom. The number of carbonyl (C=O) groups excluding carboxylic acids is 1. The van der Waals surface area contributed by atoms with Gasteiger partial charge in [-0.05, 0) is 6.42 Å². The van der Waals surface area contributed by atoms with Crippen molar-refractivity contribution in [1.29, 1.82) is 0 Å². The van der Waals surface area contributed by atoms with E-state index in [1.54, 1.807) is 0 Å². The van der Waals surface area contributed by atoms with E-state index in [0.29, 0.717) is 13.0 Å². The van der Waals surface area contributed by atoms with Crippen LogP contribution in [0.15, 0.2) is 0 Å². The van der Waals surface area contributed by atoms with E-state index in [1.807, 2.05) is 0 Å². The Labute approximate surface area is 125 Å². The Morgan fingerprint density at radius 2 is 1.20 bits per heavy atom. The molecule has 0 rings (SSSR count). The molecule has 20 heavy (non-hydrogen) atoms. The molecule has 0 aromatic heterocycles. The van der Waals surface area contributed by atoms with Crippen molar-refractivity contribution < 1.29 is 9.53 Å². The molecule has 3 heteroatoms. The smallest absolute Gasteiger partial charge is 0.219 e. The Hall–Kier alpha value is -0.570. The summed E-state index contributed by atoms with van der Waals surface area (Å²) in [5.41, 5.74) is 5.03. The molecule has 120 valence electrons. The molecule has 0 aliphatic heterocycles. The van der Waals surface area contributed by atoms with Crippen LogP contribution in [0.4, 0.5) is 0 Å². The Kier molecular flexibility index (Phi) is 16.0. The van der Waals surface area contributed by atoms with Crippen molar-refractivity contribution in [3.05, 3.63) is 0 Å². The minimum Gasteiger partial charge on any atom is -0.381 e. The zero-order valence-electron chi connectivity index (χ0n) is 13.5. The number of hydrogen-bond acceptors (Lipinski definition) is 2. The van der Waals surface area contributed by atoms with Crippen molar-refractivity contribution in [2.75, 3.05) is 13.2 Å². The lowest BCUT2D eigenvalue weighted by Crippen LogP contribution is -2.13. The molecule has 0 atom stereocenters. The summed E-state index contributed by atoms with van der Waals surface area (Å²) in [5, 5.41) is 0. The Balaban J connectivity index is 2.94. The van der Waals surface area contributed by atoms with Gasteiger partial charge in [-0.2, -0.15) is 0 Å². The molecule has 0 aliphatic carbocycles. The standard InChI is InChI=1S/C17H35NO2/c1-2-3-4-5-6-7-8-9-10-11-12-13-15-20-16-14-17(18)19/h2-16H2,1H3,(H2,18,19). The molecule has 1 amide bonds. The molecule has 2 N–H and O–H groups in total. The first-order valence-electron chi connectivity index (χ1n) is 8.63. The fourth-order valence-electron chi connectivity index (χ4n) is 2.32. The lowest BCUT2D eigenvalue weighted by atomic mass is 10.1. The molecule has 0 saturated carbocycles. The van der Waals surface area contributed by atoms with Gasteiger partial charge in [-0.25, -0.2) is 0 Å². The summed E-state index contributed by atoms with van der Waals surface area (Å²) in [4.78, 5) is 10.5. The molecule has 0 heterocycles. The fourth-order valence-corrected chi connectivity index (χ4v) is 2.32. The number of rotatable bonds is 16. The minimum absolute atomic E-state index is 0.278. The number of ether oxygens (including phenoxy) is 1. The average Bonchev–Trinajstić information content (AvgIpc) is 2.43. The SMILES string of the molecule is CCCCCCCCCCCCCCOCCC(N)=O. The van der Waals surface area contributed by atoms with E-state index in [0.717, 1.165) is 13.0 Å². The molecule has 0 aromatic carbocycles. The number of nitrogens with two attached hydrogens (primary N) is 1. The van der Waals surface area contributed by atoms with Gasteiger partial charge in [0.2, 0.25) is 5.91 Å². The Bertz CT molecular complexity index is 207. The van der Waals surface area contributed by atoms with Crippen molar-refractivity contribution in [2.24, 2.45) is 5.73 Å². The third-order valence-electron chi connectivity index (χ3n) is 3.64. The van der Waals surface area contributed by atoms with Gasteiger partial charge in [0.1, 0.15) is 0 Å². The molecular weight excluding hydrogens is 250 g/mol. The first kappa shape index (κ1) is 19.4. The van der Waals surface area contributed by atoms with Gasteiger partial charge in [-0.3, -0.25) is 4.79 Å². The number of carbonyl (C=O) groups is 1. The van der Waals surface area contributed by atoms with Crippen LogP contribution in [0.3, 0.4) is 0 Å². The van der Waals surface area contributed by atoms with E-state index in [2.05, 4.69) is 6.92 Å². The van der Waals surface area contributed by atoms with E-state index < -0.39 is 0 Å². The van der Waals surface area contributed by atoms with E-state index in [-0.39, 0.29) is 5.91 Å². The molecule has 0 radical (unpaired) electrons. The summed E-state index contributed by atoms with van der Waals surface area (Å²) in [6.45, 7) is 3.51. The highest BCUT2D eigenvalue weighted by molar-refractivity contribution is 5.73. The minimum atomic E-state index is -0.278. The van der Waals surface area contributed by atoms with E-state index >= 15 is 0 Å². The first-order valence-corrected chi connectivity index (χ1v) is 8.63. The van der Waals surface area contributed by atoms with Crippen molar-refractivity contribution >= 4 is 5.91 Å². The maximum Gasteiger partial charge on any atom is 0.219 e. The van der Waals surface area contributed by atoms with Gasteiger partial charge >= 0.3 is 0 Å². The third kappa shape index (κ3) is 17.4. The van der Waals surface area contributed by atoms with Crippen LogP contribution in [0.5, 0.6) is 0 Å². The van der Waals surface area contributed by atoms with Crippen LogP contribution in [0.25, 0.3) is 0 Å². The molecule has 0 fully saturated rings. The second kappa shape index (κ2) is 16.5. The molecule has 0 saturated heterocycles. The van der Waals surface area contributed by atoms with Crippen LogP contribution in [0.2, 0.25) is 0 Å². The molecule has 0 unspecified atom stereocenters. The summed E-state index contributed by atoms with van der Waals surface area (Å²) in [6.07, 6.45) is 16.6. The summed E-state index contributed by atoms with van der Waals surface area (Å²) in [7, 11) is 0.